The summed E-state index contributed by atoms with van der Waals surface area (Å²) >= 11 is 3.37. The van der Waals surface area contributed by atoms with Gasteiger partial charge in [-0.1, -0.05) is 23.5 Å². The Labute approximate surface area is 70.2 Å². The molecule has 1 saturated heterocycles. The largest absolute Gasteiger partial charge is 0.308 e. The fourth-order valence-corrected chi connectivity index (χ4v) is 3.36. The van der Waals surface area contributed by atoms with E-state index in [-0.39, 0.29) is 0 Å². The van der Waals surface area contributed by atoms with Crippen molar-refractivity contribution >= 4 is 27.9 Å². The lowest BCUT2D eigenvalue weighted by molar-refractivity contribution is 0.416. The van der Waals surface area contributed by atoms with Crippen molar-refractivity contribution in [1.29, 1.82) is 5.41 Å². The summed E-state index contributed by atoms with van der Waals surface area (Å²) in [6.45, 7) is 1.10. The van der Waals surface area contributed by atoms with Gasteiger partial charge in [-0.2, -0.15) is 0 Å². The second-order valence-electron chi connectivity index (χ2n) is 2.60. The maximum absolute atomic E-state index is 7.33. The quantitative estimate of drug-likeness (QED) is 0.688. The number of hydrogen-bond acceptors (Lipinski definition) is 4. The van der Waals surface area contributed by atoms with Crippen LogP contribution in [0.2, 0.25) is 0 Å². The van der Waals surface area contributed by atoms with Crippen LogP contribution in [0, 0.1) is 5.41 Å². The lowest BCUT2D eigenvalue weighted by Crippen LogP contribution is -2.23. The molecule has 1 heterocycles. The zero-order chi connectivity index (χ0) is 7.56. The molecule has 4 heteroatoms. The summed E-state index contributed by atoms with van der Waals surface area (Å²) in [6.07, 6.45) is 0. The predicted octanol–water partition coefficient (Wildman–Crippen LogP) is 1.33. The minimum Gasteiger partial charge on any atom is -0.308 e. The maximum atomic E-state index is 7.33. The molecule has 10 heavy (non-hydrogen) atoms. The molecule has 1 aliphatic rings. The Morgan fingerprint density at radius 1 is 1.70 bits per heavy atom. The summed E-state index contributed by atoms with van der Waals surface area (Å²) in [5.74, 6) is 1.11. The highest BCUT2D eigenvalue weighted by Crippen LogP contribution is 2.31. The van der Waals surface area contributed by atoms with Crippen molar-refractivity contribution in [3.8, 4) is 0 Å². The highest BCUT2D eigenvalue weighted by atomic mass is 32.2. The normalized spacial score (nSPS) is 26.3. The molecule has 0 aromatic heterocycles. The molecule has 0 amide bonds. The van der Waals surface area contributed by atoms with Crippen LogP contribution >= 0.6 is 23.5 Å². The SMILES string of the molecule is CN(C)CC1CSC(=N)S1. The van der Waals surface area contributed by atoms with E-state index in [1.165, 1.54) is 0 Å². The monoisotopic (exact) mass is 176 g/mol. The molecule has 0 radical (unpaired) electrons. The second-order valence-corrected chi connectivity index (χ2v) is 5.20. The Morgan fingerprint density at radius 2 is 2.40 bits per heavy atom. The van der Waals surface area contributed by atoms with Gasteiger partial charge in [0.25, 0.3) is 0 Å². The molecule has 1 N–H and O–H groups in total. The second kappa shape index (κ2) is 3.64. The molecular weight excluding hydrogens is 164 g/mol. The van der Waals surface area contributed by atoms with Gasteiger partial charge in [-0.25, -0.2) is 0 Å². The van der Waals surface area contributed by atoms with E-state index >= 15 is 0 Å². The van der Waals surface area contributed by atoms with Crippen LogP contribution in [0.25, 0.3) is 0 Å². The van der Waals surface area contributed by atoms with Crippen molar-refractivity contribution in [1.82, 2.24) is 4.90 Å². The van der Waals surface area contributed by atoms with Gasteiger partial charge in [-0.3, -0.25) is 5.41 Å². The summed E-state index contributed by atoms with van der Waals surface area (Å²) in [5, 5.41) is 7.98. The summed E-state index contributed by atoms with van der Waals surface area (Å²) in [7, 11) is 4.15. The molecular formula is C6H12N2S2. The van der Waals surface area contributed by atoms with E-state index in [0.29, 0.717) is 5.25 Å². The van der Waals surface area contributed by atoms with E-state index < -0.39 is 0 Å². The van der Waals surface area contributed by atoms with Crippen LogP contribution in [0.3, 0.4) is 0 Å². The molecule has 2 nitrogen and oxygen atoms in total. The van der Waals surface area contributed by atoms with Gasteiger partial charge in [0, 0.05) is 17.5 Å². The van der Waals surface area contributed by atoms with Crippen LogP contribution in [0.4, 0.5) is 0 Å². The van der Waals surface area contributed by atoms with Crippen molar-refractivity contribution in [2.45, 2.75) is 5.25 Å². The van der Waals surface area contributed by atoms with Gasteiger partial charge < -0.3 is 4.90 Å². The van der Waals surface area contributed by atoms with Crippen molar-refractivity contribution in [3.63, 3.8) is 0 Å². The number of nitrogens with zero attached hydrogens (tertiary/aromatic N) is 1. The first-order chi connectivity index (χ1) is 4.68. The first kappa shape index (κ1) is 8.43. The van der Waals surface area contributed by atoms with Crippen LogP contribution in [-0.2, 0) is 0 Å². The molecule has 0 aromatic rings. The van der Waals surface area contributed by atoms with Crippen molar-refractivity contribution < 1.29 is 0 Å². The molecule has 0 aliphatic carbocycles. The molecule has 0 aromatic carbocycles. The Bertz CT molecular complexity index is 136. The molecule has 1 rings (SSSR count). The van der Waals surface area contributed by atoms with Crippen LogP contribution in [-0.4, -0.2) is 40.9 Å². The lowest BCUT2D eigenvalue weighted by Gasteiger charge is -2.12. The number of hydrogen-bond donors (Lipinski definition) is 1. The summed E-state index contributed by atoms with van der Waals surface area (Å²) in [5.41, 5.74) is 0. The Morgan fingerprint density at radius 3 is 2.80 bits per heavy atom. The first-order valence-corrected chi connectivity index (χ1v) is 5.08. The van der Waals surface area contributed by atoms with E-state index in [0.717, 1.165) is 16.7 Å². The average molecular weight is 176 g/mol. The van der Waals surface area contributed by atoms with Gasteiger partial charge in [0.05, 0.1) is 0 Å². The van der Waals surface area contributed by atoms with Crippen molar-refractivity contribution in [2.75, 3.05) is 26.4 Å². The molecule has 1 aliphatic heterocycles. The average Bonchev–Trinajstić information content (AvgIpc) is 2.13. The third-order valence-corrected chi connectivity index (χ3v) is 3.79. The van der Waals surface area contributed by atoms with Crippen LogP contribution < -0.4 is 0 Å². The van der Waals surface area contributed by atoms with Crippen LogP contribution in [0.15, 0.2) is 0 Å². The molecule has 0 bridgehead atoms. The summed E-state index contributed by atoms with van der Waals surface area (Å²) < 4.78 is 0.784. The van der Waals surface area contributed by atoms with Gasteiger partial charge >= 0.3 is 0 Å². The fraction of sp³-hybridized carbons (Fsp3) is 0.833. The third kappa shape index (κ3) is 2.52. The van der Waals surface area contributed by atoms with E-state index in [1.807, 2.05) is 0 Å². The van der Waals surface area contributed by atoms with Crippen LogP contribution in [0.5, 0.6) is 0 Å². The Balaban J connectivity index is 2.24. The Kier molecular flexibility index (Phi) is 3.07. The zero-order valence-electron chi connectivity index (χ0n) is 6.26. The van der Waals surface area contributed by atoms with Crippen molar-refractivity contribution in [3.05, 3.63) is 0 Å². The molecule has 58 valence electrons. The molecule has 1 unspecified atom stereocenters. The highest BCUT2D eigenvalue weighted by molar-refractivity contribution is 8.41. The smallest absolute Gasteiger partial charge is 0.122 e. The van der Waals surface area contributed by atoms with Gasteiger partial charge in [-0.05, 0) is 14.1 Å². The van der Waals surface area contributed by atoms with Crippen LogP contribution in [0.1, 0.15) is 0 Å². The molecule has 1 atom stereocenters. The van der Waals surface area contributed by atoms with E-state index in [4.69, 9.17) is 5.41 Å². The topological polar surface area (TPSA) is 27.1 Å². The molecule has 0 spiro atoms. The van der Waals surface area contributed by atoms with E-state index in [9.17, 15) is 0 Å². The van der Waals surface area contributed by atoms with E-state index in [1.54, 1.807) is 23.5 Å². The van der Waals surface area contributed by atoms with Gasteiger partial charge in [0.15, 0.2) is 0 Å². The third-order valence-electron chi connectivity index (χ3n) is 1.24. The minimum absolute atomic E-state index is 0.646. The van der Waals surface area contributed by atoms with E-state index in [2.05, 4.69) is 19.0 Å². The van der Waals surface area contributed by atoms with Gasteiger partial charge in [0.2, 0.25) is 0 Å². The summed E-state index contributed by atoms with van der Waals surface area (Å²) in [4.78, 5) is 2.18. The van der Waals surface area contributed by atoms with Crippen molar-refractivity contribution in [2.24, 2.45) is 0 Å². The predicted molar refractivity (Wildman–Crippen MR) is 50.1 cm³/mol. The zero-order valence-corrected chi connectivity index (χ0v) is 7.89. The lowest BCUT2D eigenvalue weighted by atomic mass is 10.4. The minimum atomic E-state index is 0.646. The number of thioether (sulfide) groups is 2. The number of nitrogens with one attached hydrogen (secondary N) is 1. The Hall–Kier alpha value is 0.330. The molecule has 1 fully saturated rings. The molecule has 0 saturated carbocycles. The first-order valence-electron chi connectivity index (χ1n) is 3.21. The van der Waals surface area contributed by atoms with Gasteiger partial charge in [-0.15, -0.1) is 0 Å². The fourth-order valence-electron chi connectivity index (χ4n) is 0.885. The number of rotatable bonds is 2. The standard InChI is InChI=1S/C6H12N2S2/c1-8(2)3-5-4-9-6(7)10-5/h5,7H,3-4H2,1-2H3. The highest BCUT2D eigenvalue weighted by Gasteiger charge is 2.20. The summed E-state index contributed by atoms with van der Waals surface area (Å²) in [6, 6.07) is 0. The maximum Gasteiger partial charge on any atom is 0.122 e. The van der Waals surface area contributed by atoms with Gasteiger partial charge in [0.1, 0.15) is 4.38 Å².